The van der Waals surface area contributed by atoms with E-state index in [0.29, 0.717) is 6.61 Å². The van der Waals surface area contributed by atoms with Gasteiger partial charge in [0.1, 0.15) is 20.9 Å². The van der Waals surface area contributed by atoms with Gasteiger partial charge in [0.15, 0.2) is 0 Å². The second-order valence-corrected chi connectivity index (χ2v) is 20.0. The van der Waals surface area contributed by atoms with Gasteiger partial charge in [-0.2, -0.15) is 0 Å². The monoisotopic (exact) mass is 378 g/mol. The molecule has 0 unspecified atom stereocenters. The molecule has 0 aliphatic rings. The Hall–Kier alpha value is -1.01. The molecule has 4 heteroatoms. The normalized spacial score (nSPS) is 14.4. The second-order valence-electron chi connectivity index (χ2n) is 10.0. The van der Waals surface area contributed by atoms with E-state index in [1.54, 1.807) is 0 Å². The minimum absolute atomic E-state index is 0.174. The fraction of sp³-hybridized carbons (Fsp3) is 0.619. The molecule has 0 aliphatic carbocycles. The highest BCUT2D eigenvalue weighted by Crippen LogP contribution is 2.45. The molecule has 0 amide bonds. The lowest BCUT2D eigenvalue weighted by atomic mass is 10.2. The van der Waals surface area contributed by atoms with E-state index in [0.717, 1.165) is 5.38 Å². The Morgan fingerprint density at radius 3 is 1.84 bits per heavy atom. The predicted molar refractivity (Wildman–Crippen MR) is 115 cm³/mol. The van der Waals surface area contributed by atoms with Crippen molar-refractivity contribution in [1.29, 1.82) is 0 Å². The third-order valence-electron chi connectivity index (χ3n) is 5.95. The SMILES string of the molecule is CC(C)(C)[Si](C)(C)O/C(=C/OCc1ccccc1)[Si](C)(C)C(C)(C)C. The molecule has 0 bridgehead atoms. The van der Waals surface area contributed by atoms with E-state index in [-0.39, 0.29) is 10.1 Å². The Morgan fingerprint density at radius 1 is 0.880 bits per heavy atom. The van der Waals surface area contributed by atoms with Crippen LogP contribution in [0.2, 0.25) is 36.3 Å². The fourth-order valence-electron chi connectivity index (χ4n) is 1.88. The summed E-state index contributed by atoms with van der Waals surface area (Å²) >= 11 is 0. The van der Waals surface area contributed by atoms with Crippen LogP contribution < -0.4 is 0 Å². The lowest BCUT2D eigenvalue weighted by Gasteiger charge is -2.44. The van der Waals surface area contributed by atoms with Crippen molar-refractivity contribution >= 4 is 16.4 Å². The average Bonchev–Trinajstić information content (AvgIpc) is 2.44. The van der Waals surface area contributed by atoms with Gasteiger partial charge in [0.2, 0.25) is 8.32 Å². The van der Waals surface area contributed by atoms with Crippen molar-refractivity contribution in [2.45, 2.75) is 84.4 Å². The Kier molecular flexibility index (Phi) is 6.79. The van der Waals surface area contributed by atoms with Crippen LogP contribution in [0.5, 0.6) is 0 Å². The zero-order chi connectivity index (χ0) is 19.5. The van der Waals surface area contributed by atoms with Crippen molar-refractivity contribution in [3.8, 4) is 0 Å². The topological polar surface area (TPSA) is 18.5 Å². The maximum atomic E-state index is 6.77. The van der Waals surface area contributed by atoms with Gasteiger partial charge in [-0.1, -0.05) is 85.0 Å². The van der Waals surface area contributed by atoms with Crippen molar-refractivity contribution in [2.24, 2.45) is 0 Å². The van der Waals surface area contributed by atoms with E-state index in [9.17, 15) is 0 Å². The van der Waals surface area contributed by atoms with Gasteiger partial charge in [-0.15, -0.1) is 0 Å². The Morgan fingerprint density at radius 2 is 1.40 bits per heavy atom. The van der Waals surface area contributed by atoms with E-state index >= 15 is 0 Å². The molecule has 0 spiro atoms. The van der Waals surface area contributed by atoms with Crippen molar-refractivity contribution in [3.05, 3.63) is 47.5 Å². The lowest BCUT2D eigenvalue weighted by Crippen LogP contribution is -2.48. The number of benzene rings is 1. The van der Waals surface area contributed by atoms with Gasteiger partial charge < -0.3 is 9.16 Å². The van der Waals surface area contributed by atoms with Crippen molar-refractivity contribution < 1.29 is 9.16 Å². The summed E-state index contributed by atoms with van der Waals surface area (Å²) in [5, 5.41) is 1.48. The van der Waals surface area contributed by atoms with Gasteiger partial charge in [-0.25, -0.2) is 0 Å². The molecule has 0 saturated heterocycles. The molecular weight excluding hydrogens is 340 g/mol. The molecule has 0 atom stereocenters. The number of rotatable bonds is 6. The summed E-state index contributed by atoms with van der Waals surface area (Å²) in [5.41, 5.74) is 1.18. The zero-order valence-electron chi connectivity index (χ0n) is 18.0. The Labute approximate surface area is 157 Å². The van der Waals surface area contributed by atoms with Gasteiger partial charge >= 0.3 is 0 Å². The summed E-state index contributed by atoms with van der Waals surface area (Å²) in [7, 11) is -3.71. The number of ether oxygens (including phenoxy) is 1. The summed E-state index contributed by atoms with van der Waals surface area (Å²) in [4.78, 5) is 0. The van der Waals surface area contributed by atoms with Crippen LogP contribution in [0, 0.1) is 0 Å². The predicted octanol–water partition coefficient (Wildman–Crippen LogP) is 7.11. The van der Waals surface area contributed by atoms with Gasteiger partial charge in [0.05, 0.1) is 5.38 Å². The number of hydrogen-bond donors (Lipinski definition) is 0. The van der Waals surface area contributed by atoms with Gasteiger partial charge in [-0.05, 0) is 28.7 Å². The standard InChI is InChI=1S/C21H38O2Si2/c1-20(2,3)24(7,8)19(23-25(9,10)21(4,5)6)17-22-16-18-14-12-11-13-15-18/h11-15,17H,16H2,1-10H3/b19-17-. The highest BCUT2D eigenvalue weighted by Gasteiger charge is 2.46. The average molecular weight is 379 g/mol. The molecule has 142 valence electrons. The van der Waals surface area contributed by atoms with Crippen LogP contribution in [0.4, 0.5) is 0 Å². The summed E-state index contributed by atoms with van der Waals surface area (Å²) in [6.07, 6.45) is 1.92. The zero-order valence-corrected chi connectivity index (χ0v) is 20.0. The molecule has 0 N–H and O–H groups in total. The molecule has 1 aromatic rings. The quantitative estimate of drug-likeness (QED) is 0.388. The lowest BCUT2D eigenvalue weighted by molar-refractivity contribution is 0.221. The van der Waals surface area contributed by atoms with Crippen LogP contribution in [0.25, 0.3) is 0 Å². The molecule has 0 aliphatic heterocycles. The summed E-state index contributed by atoms with van der Waals surface area (Å²) < 4.78 is 12.8. The van der Waals surface area contributed by atoms with E-state index in [1.807, 2.05) is 24.5 Å². The van der Waals surface area contributed by atoms with Gasteiger partial charge in [0.25, 0.3) is 0 Å². The number of hydrogen-bond acceptors (Lipinski definition) is 2. The van der Waals surface area contributed by atoms with Crippen LogP contribution in [-0.2, 0) is 15.8 Å². The first-order chi connectivity index (χ1) is 11.2. The van der Waals surface area contributed by atoms with Crippen LogP contribution >= 0.6 is 0 Å². The van der Waals surface area contributed by atoms with Crippen LogP contribution in [0.1, 0.15) is 47.1 Å². The maximum Gasteiger partial charge on any atom is 0.249 e. The van der Waals surface area contributed by atoms with E-state index in [1.165, 1.54) is 5.56 Å². The minimum Gasteiger partial charge on any atom is -0.548 e. The summed E-state index contributed by atoms with van der Waals surface area (Å²) in [6.45, 7) is 23.8. The first-order valence-electron chi connectivity index (χ1n) is 9.24. The highest BCUT2D eigenvalue weighted by molar-refractivity contribution is 6.87. The largest absolute Gasteiger partial charge is 0.548 e. The third kappa shape index (κ3) is 5.75. The smallest absolute Gasteiger partial charge is 0.249 e. The van der Waals surface area contributed by atoms with E-state index < -0.39 is 16.4 Å². The molecule has 0 radical (unpaired) electrons. The highest BCUT2D eigenvalue weighted by atomic mass is 28.4. The molecule has 0 heterocycles. The maximum absolute atomic E-state index is 6.77. The Balaban J connectivity index is 3.09. The van der Waals surface area contributed by atoms with E-state index in [4.69, 9.17) is 9.16 Å². The second kappa shape index (κ2) is 7.71. The first-order valence-corrected chi connectivity index (χ1v) is 15.1. The summed E-state index contributed by atoms with van der Waals surface area (Å²) in [6, 6.07) is 10.3. The summed E-state index contributed by atoms with van der Waals surface area (Å²) in [5.74, 6) is 0. The molecule has 1 aromatic carbocycles. The fourth-order valence-corrected chi connectivity index (χ4v) is 5.69. The van der Waals surface area contributed by atoms with Crippen molar-refractivity contribution in [3.63, 3.8) is 0 Å². The minimum atomic E-state index is -1.90. The van der Waals surface area contributed by atoms with Crippen molar-refractivity contribution in [1.82, 2.24) is 0 Å². The molecule has 25 heavy (non-hydrogen) atoms. The van der Waals surface area contributed by atoms with Gasteiger partial charge in [0, 0.05) is 0 Å². The van der Waals surface area contributed by atoms with Crippen LogP contribution in [0.3, 0.4) is 0 Å². The van der Waals surface area contributed by atoms with E-state index in [2.05, 4.69) is 79.9 Å². The third-order valence-corrected chi connectivity index (χ3v) is 15.7. The molecule has 1 rings (SSSR count). The molecule has 2 nitrogen and oxygen atoms in total. The first kappa shape index (κ1) is 22.0. The molecule has 0 aromatic heterocycles. The molecule has 0 fully saturated rings. The van der Waals surface area contributed by atoms with Gasteiger partial charge in [-0.3, -0.25) is 0 Å². The Bertz CT molecular complexity index is 576. The van der Waals surface area contributed by atoms with Crippen LogP contribution in [-0.4, -0.2) is 16.4 Å². The molecule has 0 saturated carbocycles. The van der Waals surface area contributed by atoms with Crippen molar-refractivity contribution in [2.75, 3.05) is 0 Å². The molecular formula is C21H38O2Si2. The van der Waals surface area contributed by atoms with Crippen LogP contribution in [0.15, 0.2) is 42.0 Å².